The van der Waals surface area contributed by atoms with E-state index in [2.05, 4.69) is 83.8 Å². The zero-order valence-electron chi connectivity index (χ0n) is 22.3. The second-order valence-corrected chi connectivity index (χ2v) is 11.9. The maximum Gasteiger partial charge on any atom is 0.235 e. The number of fused-ring (bicyclic) bond motifs is 3. The Morgan fingerprint density at radius 2 is 1.95 bits per heavy atom. The summed E-state index contributed by atoms with van der Waals surface area (Å²) >= 11 is 0. The van der Waals surface area contributed by atoms with Gasteiger partial charge in [0.1, 0.15) is 0 Å². The molecule has 2 unspecified atom stereocenters. The Morgan fingerprint density at radius 1 is 1.13 bits per heavy atom. The molecule has 1 amide bonds. The summed E-state index contributed by atoms with van der Waals surface area (Å²) in [5, 5.41) is 11.2. The topological polar surface area (TPSA) is 70.2 Å². The number of ether oxygens (including phenoxy) is 1. The summed E-state index contributed by atoms with van der Waals surface area (Å²) in [4.78, 5) is 15.5. The minimum absolute atomic E-state index is 0.200. The number of aromatic nitrogens is 2. The van der Waals surface area contributed by atoms with Crippen molar-refractivity contribution in [2.75, 3.05) is 31.6 Å². The number of aryl methyl sites for hydroxylation is 1. The lowest BCUT2D eigenvalue weighted by Gasteiger charge is -2.28. The van der Waals surface area contributed by atoms with E-state index in [0.29, 0.717) is 17.8 Å². The van der Waals surface area contributed by atoms with Gasteiger partial charge in [-0.05, 0) is 72.8 Å². The van der Waals surface area contributed by atoms with Gasteiger partial charge in [-0.1, -0.05) is 55.0 Å². The molecule has 2 fully saturated rings. The first-order chi connectivity index (χ1) is 18.5. The lowest BCUT2D eigenvalue weighted by atomic mass is 9.75. The van der Waals surface area contributed by atoms with Crippen LogP contribution in [0.2, 0.25) is 0 Å². The highest BCUT2D eigenvalue weighted by Gasteiger charge is 2.66. The van der Waals surface area contributed by atoms with Crippen LogP contribution >= 0.6 is 0 Å². The van der Waals surface area contributed by atoms with Gasteiger partial charge in [0.2, 0.25) is 5.91 Å². The zero-order chi connectivity index (χ0) is 25.9. The number of benzene rings is 2. The number of nitrogens with zero attached hydrogens (tertiary/aromatic N) is 2. The summed E-state index contributed by atoms with van der Waals surface area (Å²) in [5.41, 5.74) is 9.31. The SMILES string of the molecule is Cc1ccc2c(c1)[C@]1(C[C@H]1C1Cc3[nH]nc(/C=C/c4ccc(CN5CCOCC5)cc4)c3C(C)C1)C(=O)N2. The lowest BCUT2D eigenvalue weighted by Crippen LogP contribution is -2.35. The maximum absolute atomic E-state index is 13.1. The van der Waals surface area contributed by atoms with E-state index in [0.717, 1.165) is 63.5 Å². The van der Waals surface area contributed by atoms with Crippen molar-refractivity contribution in [1.82, 2.24) is 15.1 Å². The molecule has 0 radical (unpaired) electrons. The van der Waals surface area contributed by atoms with Crippen molar-refractivity contribution in [2.24, 2.45) is 11.8 Å². The van der Waals surface area contributed by atoms with Crippen LogP contribution in [-0.2, 0) is 27.9 Å². The predicted octanol–water partition coefficient (Wildman–Crippen LogP) is 5.30. The highest BCUT2D eigenvalue weighted by molar-refractivity contribution is 6.09. The molecule has 4 atom stereocenters. The molecule has 196 valence electrons. The van der Waals surface area contributed by atoms with Crippen LogP contribution in [0.4, 0.5) is 5.69 Å². The number of hydrogen-bond acceptors (Lipinski definition) is 4. The summed E-state index contributed by atoms with van der Waals surface area (Å²) < 4.78 is 5.46. The zero-order valence-corrected chi connectivity index (χ0v) is 22.3. The van der Waals surface area contributed by atoms with Gasteiger partial charge in [-0.15, -0.1) is 0 Å². The van der Waals surface area contributed by atoms with Gasteiger partial charge in [-0.3, -0.25) is 14.8 Å². The highest BCUT2D eigenvalue weighted by atomic mass is 16.5. The average molecular weight is 509 g/mol. The number of rotatable bonds is 5. The molecule has 3 heterocycles. The molecular formula is C32H36N4O2. The molecule has 2 aliphatic heterocycles. The first-order valence-electron chi connectivity index (χ1n) is 14.1. The van der Waals surface area contributed by atoms with E-state index in [-0.39, 0.29) is 11.3 Å². The molecule has 1 saturated heterocycles. The first kappa shape index (κ1) is 23.9. The number of carbonyl (C=O) groups is 1. The number of carbonyl (C=O) groups excluding carboxylic acids is 1. The summed E-state index contributed by atoms with van der Waals surface area (Å²) in [6.07, 6.45) is 7.36. The van der Waals surface area contributed by atoms with Crippen LogP contribution in [0.1, 0.15) is 64.9 Å². The van der Waals surface area contributed by atoms with Crippen molar-refractivity contribution < 1.29 is 9.53 Å². The molecule has 6 nitrogen and oxygen atoms in total. The Morgan fingerprint density at radius 3 is 2.76 bits per heavy atom. The van der Waals surface area contributed by atoms with Crippen molar-refractivity contribution in [2.45, 2.75) is 51.0 Å². The third-order valence-corrected chi connectivity index (χ3v) is 9.34. The third kappa shape index (κ3) is 4.02. The number of aromatic amines is 1. The number of amides is 1. The summed E-state index contributed by atoms with van der Waals surface area (Å²) in [5.74, 6) is 1.51. The molecule has 2 aliphatic carbocycles. The Bertz CT molecular complexity index is 1400. The second kappa shape index (κ2) is 9.21. The molecule has 7 rings (SSSR count). The molecule has 1 aromatic heterocycles. The molecule has 2 N–H and O–H groups in total. The van der Waals surface area contributed by atoms with Crippen molar-refractivity contribution >= 4 is 23.7 Å². The summed E-state index contributed by atoms with van der Waals surface area (Å²) in [6.45, 7) is 9.09. The van der Waals surface area contributed by atoms with Gasteiger partial charge in [0, 0.05) is 36.6 Å². The predicted molar refractivity (Wildman–Crippen MR) is 150 cm³/mol. The van der Waals surface area contributed by atoms with E-state index >= 15 is 0 Å². The number of nitrogens with one attached hydrogen (secondary N) is 2. The molecule has 0 bridgehead atoms. The normalized spacial score (nSPS) is 28.5. The van der Waals surface area contributed by atoms with Gasteiger partial charge in [-0.25, -0.2) is 0 Å². The fraction of sp³-hybridized carbons (Fsp3) is 0.438. The van der Waals surface area contributed by atoms with Crippen LogP contribution < -0.4 is 5.32 Å². The fourth-order valence-electron chi connectivity index (χ4n) is 7.31. The summed E-state index contributed by atoms with van der Waals surface area (Å²) in [6, 6.07) is 15.2. The number of hydrogen-bond donors (Lipinski definition) is 2. The third-order valence-electron chi connectivity index (χ3n) is 9.34. The smallest absolute Gasteiger partial charge is 0.235 e. The number of H-pyrrole nitrogens is 1. The van der Waals surface area contributed by atoms with Crippen LogP contribution in [0, 0.1) is 18.8 Å². The van der Waals surface area contributed by atoms with Gasteiger partial charge >= 0.3 is 0 Å². The largest absolute Gasteiger partial charge is 0.379 e. The molecule has 1 saturated carbocycles. The Kier molecular flexibility index (Phi) is 5.78. The van der Waals surface area contributed by atoms with Crippen molar-refractivity contribution in [3.05, 3.63) is 81.7 Å². The molecule has 3 aromatic rings. The molecule has 1 spiro atoms. The fourth-order valence-corrected chi connectivity index (χ4v) is 7.31. The van der Waals surface area contributed by atoms with Crippen LogP contribution in [0.25, 0.3) is 12.2 Å². The monoisotopic (exact) mass is 508 g/mol. The Balaban J connectivity index is 1.05. The van der Waals surface area contributed by atoms with Gasteiger partial charge in [0.15, 0.2) is 0 Å². The standard InChI is InChI=1S/C32H36N4O2/c1-20-3-9-27-25(15-20)32(31(37)33-27)18-26(32)24-16-21(2)30-28(34-35-29(30)17-24)10-8-22-4-6-23(7-5-22)19-36-11-13-38-14-12-36/h3-10,15,21,24,26H,11-14,16-19H2,1-2H3,(H,33,37)(H,34,35)/b10-8+/t21?,24?,26-,32-/m0/s1. The van der Waals surface area contributed by atoms with E-state index < -0.39 is 0 Å². The Labute approximate surface area is 224 Å². The minimum atomic E-state index is -0.320. The van der Waals surface area contributed by atoms with Gasteiger partial charge in [0.25, 0.3) is 0 Å². The lowest BCUT2D eigenvalue weighted by molar-refractivity contribution is -0.118. The first-order valence-corrected chi connectivity index (χ1v) is 14.1. The van der Waals surface area contributed by atoms with Gasteiger partial charge in [-0.2, -0.15) is 5.10 Å². The average Bonchev–Trinajstić information content (AvgIpc) is 3.46. The van der Waals surface area contributed by atoms with Crippen molar-refractivity contribution in [3.63, 3.8) is 0 Å². The maximum atomic E-state index is 13.1. The van der Waals surface area contributed by atoms with Crippen LogP contribution in [0.3, 0.4) is 0 Å². The Hall–Kier alpha value is -3.22. The molecule has 6 heteroatoms. The minimum Gasteiger partial charge on any atom is -0.379 e. The highest BCUT2D eigenvalue weighted by Crippen LogP contribution is 2.65. The van der Waals surface area contributed by atoms with E-state index in [1.165, 1.54) is 33.5 Å². The number of anilines is 1. The van der Waals surface area contributed by atoms with Crippen molar-refractivity contribution in [3.8, 4) is 0 Å². The van der Waals surface area contributed by atoms with E-state index in [1.54, 1.807) is 0 Å². The second-order valence-electron chi connectivity index (χ2n) is 11.9. The van der Waals surface area contributed by atoms with Crippen LogP contribution in [0.5, 0.6) is 0 Å². The van der Waals surface area contributed by atoms with Gasteiger partial charge in [0.05, 0.1) is 24.3 Å². The number of morpholine rings is 1. The molecule has 38 heavy (non-hydrogen) atoms. The molecule has 2 aromatic carbocycles. The van der Waals surface area contributed by atoms with E-state index in [1.807, 2.05) is 0 Å². The van der Waals surface area contributed by atoms with Crippen LogP contribution in [-0.4, -0.2) is 47.3 Å². The quantitative estimate of drug-likeness (QED) is 0.491. The van der Waals surface area contributed by atoms with Crippen LogP contribution in [0.15, 0.2) is 42.5 Å². The molecular weight excluding hydrogens is 472 g/mol. The van der Waals surface area contributed by atoms with Crippen molar-refractivity contribution in [1.29, 1.82) is 0 Å². The van der Waals surface area contributed by atoms with E-state index in [9.17, 15) is 4.79 Å². The summed E-state index contributed by atoms with van der Waals surface area (Å²) in [7, 11) is 0. The molecule has 4 aliphatic rings. The van der Waals surface area contributed by atoms with Gasteiger partial charge < -0.3 is 10.1 Å². The van der Waals surface area contributed by atoms with E-state index in [4.69, 9.17) is 9.84 Å².